The average molecular weight is 223 g/mol. The fourth-order valence-electron chi connectivity index (χ4n) is 1.47. The van der Waals surface area contributed by atoms with Crippen molar-refractivity contribution in [1.29, 1.82) is 0 Å². The number of carbonyl (C=O) groups excluding carboxylic acids is 1. The third-order valence-corrected chi connectivity index (χ3v) is 2.51. The van der Waals surface area contributed by atoms with Gasteiger partial charge in [0, 0.05) is 18.9 Å². The minimum absolute atomic E-state index is 0.0559. The Kier molecular flexibility index (Phi) is 3.02. The highest BCUT2D eigenvalue weighted by atomic mass is 19.3. The number of hydrogen-bond donors (Lipinski definition) is 2. The molecule has 0 radical (unpaired) electrons. The molecule has 1 amide bonds. The van der Waals surface area contributed by atoms with Crippen LogP contribution < -0.4 is 0 Å². The predicted molar refractivity (Wildman–Crippen MR) is 48.2 cm³/mol. The molecule has 0 unspecified atom stereocenters. The van der Waals surface area contributed by atoms with Crippen LogP contribution in [0.3, 0.4) is 0 Å². The second-order valence-corrected chi connectivity index (χ2v) is 4.19. The summed E-state index contributed by atoms with van der Waals surface area (Å²) in [7, 11) is 0. The van der Waals surface area contributed by atoms with E-state index in [0.29, 0.717) is 0 Å². The molecule has 1 fully saturated rings. The van der Waals surface area contributed by atoms with Gasteiger partial charge >= 0.3 is 5.92 Å². The number of aliphatic hydroxyl groups is 2. The minimum atomic E-state index is -3.67. The summed E-state index contributed by atoms with van der Waals surface area (Å²) in [5.74, 6) is -7.44. The largest absolute Gasteiger partial charge is 0.361 e. The molecule has 0 aromatic heterocycles. The van der Waals surface area contributed by atoms with Crippen LogP contribution >= 0.6 is 0 Å². The molecule has 0 aromatic carbocycles. The zero-order valence-corrected chi connectivity index (χ0v) is 8.70. The number of rotatable bonds is 1. The van der Waals surface area contributed by atoms with Gasteiger partial charge in [-0.3, -0.25) is 4.79 Å². The highest BCUT2D eigenvalue weighted by Crippen LogP contribution is 2.34. The highest BCUT2D eigenvalue weighted by Gasteiger charge is 2.56. The number of piperidine rings is 1. The Morgan fingerprint density at radius 1 is 1.40 bits per heavy atom. The lowest BCUT2D eigenvalue weighted by Gasteiger charge is -2.41. The van der Waals surface area contributed by atoms with E-state index in [-0.39, 0.29) is 12.5 Å². The van der Waals surface area contributed by atoms with Gasteiger partial charge in [0.25, 0.3) is 0 Å². The topological polar surface area (TPSA) is 60.8 Å². The van der Waals surface area contributed by atoms with Gasteiger partial charge in [0.1, 0.15) is 0 Å². The smallest absolute Gasteiger partial charge is 0.317 e. The molecule has 2 N–H and O–H groups in total. The highest BCUT2D eigenvalue weighted by molar-refractivity contribution is 5.78. The number of halogens is 2. The zero-order valence-electron chi connectivity index (χ0n) is 8.70. The first-order chi connectivity index (χ1) is 6.67. The van der Waals surface area contributed by atoms with Crippen molar-refractivity contribution >= 4 is 5.91 Å². The van der Waals surface area contributed by atoms with Crippen LogP contribution in [-0.4, -0.2) is 45.8 Å². The lowest BCUT2D eigenvalue weighted by atomic mass is 9.98. The zero-order chi connectivity index (χ0) is 11.9. The van der Waals surface area contributed by atoms with Gasteiger partial charge in [0.2, 0.25) is 11.7 Å². The van der Waals surface area contributed by atoms with Gasteiger partial charge in [-0.15, -0.1) is 0 Å². The Hall–Kier alpha value is -0.750. The molecule has 1 aliphatic heterocycles. The Bertz CT molecular complexity index is 266. The summed E-state index contributed by atoms with van der Waals surface area (Å²) in [5, 5.41) is 18.0. The molecule has 1 heterocycles. The van der Waals surface area contributed by atoms with Gasteiger partial charge in [0.05, 0.1) is 6.54 Å². The Morgan fingerprint density at radius 2 is 1.93 bits per heavy atom. The first kappa shape index (κ1) is 12.3. The van der Waals surface area contributed by atoms with Crippen LogP contribution in [0.1, 0.15) is 20.3 Å². The molecule has 4 nitrogen and oxygen atoms in total. The van der Waals surface area contributed by atoms with Crippen molar-refractivity contribution < 1.29 is 23.8 Å². The van der Waals surface area contributed by atoms with E-state index in [4.69, 9.17) is 10.2 Å². The first-order valence-corrected chi connectivity index (χ1v) is 4.79. The molecule has 0 atom stereocenters. The van der Waals surface area contributed by atoms with E-state index < -0.39 is 30.6 Å². The Balaban J connectivity index is 2.75. The normalized spacial score (nSPS) is 24.3. The van der Waals surface area contributed by atoms with E-state index in [0.717, 1.165) is 4.90 Å². The van der Waals surface area contributed by atoms with Crippen LogP contribution in [-0.2, 0) is 4.79 Å². The predicted octanol–water partition coefficient (Wildman–Crippen LogP) is 0.191. The summed E-state index contributed by atoms with van der Waals surface area (Å²) in [6.07, 6.45) is -0.529. The van der Waals surface area contributed by atoms with Gasteiger partial charge in [-0.05, 0) is 0 Å². The van der Waals surface area contributed by atoms with Crippen molar-refractivity contribution in [2.75, 3.05) is 13.1 Å². The monoisotopic (exact) mass is 223 g/mol. The second-order valence-electron chi connectivity index (χ2n) is 4.19. The number of hydrogen-bond acceptors (Lipinski definition) is 3. The van der Waals surface area contributed by atoms with Crippen LogP contribution in [0.2, 0.25) is 0 Å². The molecule has 6 heteroatoms. The fraction of sp³-hybridized carbons (Fsp3) is 0.889. The van der Waals surface area contributed by atoms with Crippen LogP contribution in [0.4, 0.5) is 8.78 Å². The maximum atomic E-state index is 13.2. The minimum Gasteiger partial charge on any atom is -0.361 e. The quantitative estimate of drug-likeness (QED) is 0.624. The molecular formula is C9H15F2NO3. The van der Waals surface area contributed by atoms with Crippen LogP contribution in [0, 0.1) is 5.92 Å². The maximum absolute atomic E-state index is 13.2. The van der Waals surface area contributed by atoms with Crippen molar-refractivity contribution in [3.63, 3.8) is 0 Å². The van der Waals surface area contributed by atoms with E-state index >= 15 is 0 Å². The summed E-state index contributed by atoms with van der Waals surface area (Å²) in [5.41, 5.74) is 0. The van der Waals surface area contributed by atoms with Crippen LogP contribution in [0.5, 0.6) is 0 Å². The van der Waals surface area contributed by atoms with Gasteiger partial charge in [-0.1, -0.05) is 13.8 Å². The number of nitrogens with zero attached hydrogens (tertiary/aromatic N) is 1. The second kappa shape index (κ2) is 3.68. The standard InChI is InChI=1S/C9H15F2NO3/c1-6(2)7(13)12-4-3-9(14,15)8(10,11)5-12/h6,14-15H,3-5H2,1-2H3. The lowest BCUT2D eigenvalue weighted by Crippen LogP contribution is -2.61. The third kappa shape index (κ3) is 2.26. The molecule has 1 saturated heterocycles. The van der Waals surface area contributed by atoms with E-state index in [2.05, 4.69) is 0 Å². The van der Waals surface area contributed by atoms with E-state index in [1.165, 1.54) is 0 Å². The van der Waals surface area contributed by atoms with Crippen LogP contribution in [0.15, 0.2) is 0 Å². The summed E-state index contributed by atoms with van der Waals surface area (Å²) in [6.45, 7) is 2.23. The van der Waals surface area contributed by atoms with Crippen molar-refractivity contribution in [1.82, 2.24) is 4.90 Å². The molecule has 0 spiro atoms. The van der Waals surface area contributed by atoms with Gasteiger partial charge in [0.15, 0.2) is 0 Å². The molecule has 1 aliphatic rings. The molecule has 88 valence electrons. The summed E-state index contributed by atoms with van der Waals surface area (Å²) < 4.78 is 26.3. The van der Waals surface area contributed by atoms with E-state index in [9.17, 15) is 13.6 Å². The molecule has 0 bridgehead atoms. The van der Waals surface area contributed by atoms with Crippen molar-refractivity contribution in [2.24, 2.45) is 5.92 Å². The van der Waals surface area contributed by atoms with Crippen molar-refractivity contribution in [3.05, 3.63) is 0 Å². The first-order valence-electron chi connectivity index (χ1n) is 4.79. The van der Waals surface area contributed by atoms with Gasteiger partial charge in [-0.25, -0.2) is 0 Å². The fourth-order valence-corrected chi connectivity index (χ4v) is 1.47. The Labute approximate surface area is 86.5 Å². The number of likely N-dealkylation sites (tertiary alicyclic amines) is 1. The SMILES string of the molecule is CC(C)C(=O)N1CCC(O)(O)C(F)(F)C1. The molecule has 0 aromatic rings. The molecule has 0 saturated carbocycles. The van der Waals surface area contributed by atoms with E-state index in [1.54, 1.807) is 13.8 Å². The summed E-state index contributed by atoms with van der Waals surface area (Å²) >= 11 is 0. The number of carbonyl (C=O) groups is 1. The van der Waals surface area contributed by atoms with Crippen molar-refractivity contribution in [2.45, 2.75) is 32.0 Å². The molecular weight excluding hydrogens is 208 g/mol. The van der Waals surface area contributed by atoms with Crippen molar-refractivity contribution in [3.8, 4) is 0 Å². The summed E-state index contributed by atoms with van der Waals surface area (Å²) in [6, 6.07) is 0. The van der Waals surface area contributed by atoms with Gasteiger partial charge < -0.3 is 15.1 Å². The number of amides is 1. The molecule has 15 heavy (non-hydrogen) atoms. The lowest BCUT2D eigenvalue weighted by molar-refractivity contribution is -0.315. The third-order valence-electron chi connectivity index (χ3n) is 2.51. The molecule has 1 rings (SSSR count). The Morgan fingerprint density at radius 3 is 2.33 bits per heavy atom. The van der Waals surface area contributed by atoms with Crippen LogP contribution in [0.25, 0.3) is 0 Å². The van der Waals surface area contributed by atoms with E-state index in [1.807, 2.05) is 0 Å². The summed E-state index contributed by atoms with van der Waals surface area (Å²) in [4.78, 5) is 12.4. The van der Waals surface area contributed by atoms with Gasteiger partial charge in [-0.2, -0.15) is 8.78 Å². The average Bonchev–Trinajstić information content (AvgIpc) is 2.08. The number of alkyl halides is 2. The maximum Gasteiger partial charge on any atom is 0.317 e. The molecule has 0 aliphatic carbocycles.